The Morgan fingerprint density at radius 3 is 2.54 bits per heavy atom. The molecule has 1 heterocycles. The SMILES string of the molecule is Cc1cc2c(n1-c1ccc(C(=O)NC3CCCCC3)cc1)CC[C@@H](C)C2. The van der Waals surface area contributed by atoms with Gasteiger partial charge in [-0.3, -0.25) is 4.79 Å². The van der Waals surface area contributed by atoms with E-state index in [1.165, 1.54) is 54.7 Å². The lowest BCUT2D eigenvalue weighted by Gasteiger charge is -2.23. The minimum absolute atomic E-state index is 0.0727. The predicted octanol–water partition coefficient (Wildman–Crippen LogP) is 4.97. The normalized spacial score (nSPS) is 20.6. The first-order valence-electron chi connectivity index (χ1n) is 10.2. The number of amides is 1. The Balaban J connectivity index is 1.52. The zero-order valence-corrected chi connectivity index (χ0v) is 16.1. The molecule has 3 heteroatoms. The minimum Gasteiger partial charge on any atom is -0.349 e. The van der Waals surface area contributed by atoms with Crippen molar-refractivity contribution in [3.63, 3.8) is 0 Å². The molecule has 138 valence electrons. The zero-order valence-electron chi connectivity index (χ0n) is 16.1. The summed E-state index contributed by atoms with van der Waals surface area (Å²) < 4.78 is 2.38. The molecule has 0 aliphatic heterocycles. The average Bonchev–Trinajstić information content (AvgIpc) is 2.97. The van der Waals surface area contributed by atoms with Crippen LogP contribution in [0, 0.1) is 12.8 Å². The van der Waals surface area contributed by atoms with E-state index in [4.69, 9.17) is 0 Å². The third-order valence-corrected chi connectivity index (χ3v) is 6.15. The van der Waals surface area contributed by atoms with Gasteiger partial charge in [-0.05, 0) is 80.8 Å². The summed E-state index contributed by atoms with van der Waals surface area (Å²) in [6.07, 6.45) is 9.62. The summed E-state index contributed by atoms with van der Waals surface area (Å²) in [5, 5.41) is 3.21. The highest BCUT2D eigenvalue weighted by Crippen LogP contribution is 2.30. The smallest absolute Gasteiger partial charge is 0.251 e. The van der Waals surface area contributed by atoms with Crippen LogP contribution in [-0.2, 0) is 12.8 Å². The van der Waals surface area contributed by atoms with E-state index in [1.807, 2.05) is 12.1 Å². The fourth-order valence-electron chi connectivity index (χ4n) is 4.70. The highest BCUT2D eigenvalue weighted by Gasteiger charge is 2.21. The van der Waals surface area contributed by atoms with Crippen LogP contribution in [0.5, 0.6) is 0 Å². The van der Waals surface area contributed by atoms with E-state index in [2.05, 4.69) is 41.9 Å². The lowest BCUT2D eigenvalue weighted by molar-refractivity contribution is 0.0927. The Kier molecular flexibility index (Phi) is 4.88. The van der Waals surface area contributed by atoms with Crippen molar-refractivity contribution in [3.05, 3.63) is 52.8 Å². The number of hydrogen-bond donors (Lipinski definition) is 1. The van der Waals surface area contributed by atoms with Gasteiger partial charge in [0, 0.05) is 28.7 Å². The number of hydrogen-bond acceptors (Lipinski definition) is 1. The Labute approximate surface area is 156 Å². The number of aromatic nitrogens is 1. The van der Waals surface area contributed by atoms with Gasteiger partial charge in [0.2, 0.25) is 0 Å². The third kappa shape index (κ3) is 3.44. The van der Waals surface area contributed by atoms with Crippen molar-refractivity contribution in [1.82, 2.24) is 9.88 Å². The summed E-state index contributed by atoms with van der Waals surface area (Å²) in [5.74, 6) is 0.854. The molecule has 1 fully saturated rings. The molecule has 3 nitrogen and oxygen atoms in total. The maximum Gasteiger partial charge on any atom is 0.251 e. The first-order chi connectivity index (χ1) is 12.6. The van der Waals surface area contributed by atoms with Gasteiger partial charge in [0.25, 0.3) is 5.91 Å². The van der Waals surface area contributed by atoms with Gasteiger partial charge in [-0.1, -0.05) is 26.2 Å². The Bertz CT molecular complexity index is 781. The van der Waals surface area contributed by atoms with Crippen molar-refractivity contribution in [3.8, 4) is 5.69 Å². The van der Waals surface area contributed by atoms with E-state index >= 15 is 0 Å². The highest BCUT2D eigenvalue weighted by molar-refractivity contribution is 5.94. The van der Waals surface area contributed by atoms with E-state index in [-0.39, 0.29) is 5.91 Å². The van der Waals surface area contributed by atoms with Crippen molar-refractivity contribution < 1.29 is 4.79 Å². The molecule has 2 aromatic rings. The molecule has 1 N–H and O–H groups in total. The van der Waals surface area contributed by atoms with Crippen molar-refractivity contribution in [2.75, 3.05) is 0 Å². The van der Waals surface area contributed by atoms with E-state index in [9.17, 15) is 4.79 Å². The van der Waals surface area contributed by atoms with Crippen LogP contribution in [-0.4, -0.2) is 16.5 Å². The van der Waals surface area contributed by atoms with Crippen molar-refractivity contribution in [2.24, 2.45) is 5.92 Å². The van der Waals surface area contributed by atoms with E-state index in [0.29, 0.717) is 6.04 Å². The second-order valence-corrected chi connectivity index (χ2v) is 8.30. The summed E-state index contributed by atoms with van der Waals surface area (Å²) in [6.45, 7) is 4.53. The maximum atomic E-state index is 12.5. The molecule has 26 heavy (non-hydrogen) atoms. The molecule has 0 saturated heterocycles. The number of benzene rings is 1. The minimum atomic E-state index is 0.0727. The largest absolute Gasteiger partial charge is 0.349 e. The number of aryl methyl sites for hydroxylation is 1. The van der Waals surface area contributed by atoms with Gasteiger partial charge in [-0.15, -0.1) is 0 Å². The predicted molar refractivity (Wildman–Crippen MR) is 106 cm³/mol. The van der Waals surface area contributed by atoms with Crippen LogP contribution in [0.2, 0.25) is 0 Å². The molecule has 1 aromatic carbocycles. The monoisotopic (exact) mass is 350 g/mol. The molecule has 1 aromatic heterocycles. The number of nitrogens with one attached hydrogen (secondary N) is 1. The average molecular weight is 351 g/mol. The van der Waals surface area contributed by atoms with Gasteiger partial charge in [-0.25, -0.2) is 0 Å². The van der Waals surface area contributed by atoms with Crippen LogP contribution < -0.4 is 5.32 Å². The molecule has 0 bridgehead atoms. The van der Waals surface area contributed by atoms with Gasteiger partial charge < -0.3 is 9.88 Å². The van der Waals surface area contributed by atoms with Crippen LogP contribution in [0.3, 0.4) is 0 Å². The summed E-state index contributed by atoms with van der Waals surface area (Å²) in [6, 6.07) is 10.9. The fourth-order valence-corrected chi connectivity index (χ4v) is 4.70. The van der Waals surface area contributed by atoms with Gasteiger partial charge in [0.05, 0.1) is 0 Å². The summed E-state index contributed by atoms with van der Waals surface area (Å²) in [7, 11) is 0. The van der Waals surface area contributed by atoms with Gasteiger partial charge in [-0.2, -0.15) is 0 Å². The van der Waals surface area contributed by atoms with Crippen molar-refractivity contribution in [2.45, 2.75) is 71.3 Å². The number of rotatable bonds is 3. The number of nitrogens with zero attached hydrogens (tertiary/aromatic N) is 1. The van der Waals surface area contributed by atoms with Gasteiger partial charge in [0.15, 0.2) is 0 Å². The Hall–Kier alpha value is -2.03. The topological polar surface area (TPSA) is 34.0 Å². The number of carbonyl (C=O) groups excluding carboxylic acids is 1. The van der Waals surface area contributed by atoms with Crippen LogP contribution >= 0.6 is 0 Å². The molecule has 1 saturated carbocycles. The molecule has 1 amide bonds. The standard InChI is InChI=1S/C23H30N2O/c1-16-8-13-22-19(14-16)15-17(2)25(22)21-11-9-18(10-12-21)23(26)24-20-6-4-3-5-7-20/h9-12,15-16,20H,3-8,13-14H2,1-2H3,(H,24,26)/t16-/m1/s1. The van der Waals surface area contributed by atoms with Gasteiger partial charge in [0.1, 0.15) is 0 Å². The number of fused-ring (bicyclic) bond motifs is 1. The van der Waals surface area contributed by atoms with Gasteiger partial charge >= 0.3 is 0 Å². The second-order valence-electron chi connectivity index (χ2n) is 8.30. The lowest BCUT2D eigenvalue weighted by Crippen LogP contribution is -2.36. The molecule has 0 unspecified atom stereocenters. The summed E-state index contributed by atoms with van der Waals surface area (Å²) in [4.78, 5) is 12.5. The molecule has 2 aliphatic carbocycles. The van der Waals surface area contributed by atoms with Crippen molar-refractivity contribution in [1.29, 1.82) is 0 Å². The van der Waals surface area contributed by atoms with Crippen LogP contribution in [0.25, 0.3) is 5.69 Å². The third-order valence-electron chi connectivity index (χ3n) is 6.15. The lowest BCUT2D eigenvalue weighted by atomic mass is 9.89. The van der Waals surface area contributed by atoms with Crippen molar-refractivity contribution >= 4 is 5.91 Å². The molecule has 0 radical (unpaired) electrons. The Morgan fingerprint density at radius 2 is 1.81 bits per heavy atom. The van der Waals surface area contributed by atoms with Crippen LogP contribution in [0.15, 0.2) is 30.3 Å². The zero-order chi connectivity index (χ0) is 18.1. The summed E-state index contributed by atoms with van der Waals surface area (Å²) in [5.41, 5.74) is 6.20. The molecule has 1 atom stereocenters. The molecule has 0 spiro atoms. The molecular formula is C23H30N2O. The quantitative estimate of drug-likeness (QED) is 0.833. The fraction of sp³-hybridized carbons (Fsp3) is 0.522. The molecular weight excluding hydrogens is 320 g/mol. The first kappa shape index (κ1) is 17.4. The second kappa shape index (κ2) is 7.30. The molecule has 4 rings (SSSR count). The highest BCUT2D eigenvalue weighted by atomic mass is 16.1. The van der Waals surface area contributed by atoms with E-state index in [1.54, 1.807) is 0 Å². The maximum absolute atomic E-state index is 12.5. The van der Waals surface area contributed by atoms with Crippen LogP contribution in [0.4, 0.5) is 0 Å². The summed E-state index contributed by atoms with van der Waals surface area (Å²) >= 11 is 0. The van der Waals surface area contributed by atoms with E-state index < -0.39 is 0 Å². The Morgan fingerprint density at radius 1 is 1.08 bits per heavy atom. The number of carbonyl (C=O) groups is 1. The molecule has 2 aliphatic rings. The van der Waals surface area contributed by atoms with Crippen LogP contribution in [0.1, 0.15) is 72.8 Å². The first-order valence-corrected chi connectivity index (χ1v) is 10.2. The van der Waals surface area contributed by atoms with E-state index in [0.717, 1.165) is 30.7 Å².